The molecule has 0 amide bonds. The molecule has 1 saturated carbocycles. The van der Waals surface area contributed by atoms with Crippen LogP contribution in [0.25, 0.3) is 0 Å². The first kappa shape index (κ1) is 13.6. The van der Waals surface area contributed by atoms with Crippen LogP contribution in [0, 0.1) is 0 Å². The van der Waals surface area contributed by atoms with Gasteiger partial charge >= 0.3 is 0 Å². The quantitative estimate of drug-likeness (QED) is 0.748. The van der Waals surface area contributed by atoms with E-state index in [1.54, 1.807) is 6.20 Å². The summed E-state index contributed by atoms with van der Waals surface area (Å²) in [5.74, 6) is 0.0148. The lowest BCUT2D eigenvalue weighted by Crippen LogP contribution is -2.62. The van der Waals surface area contributed by atoms with E-state index in [1.807, 2.05) is 7.05 Å². The number of carbonyl (C=O) groups is 1. The topological polar surface area (TPSA) is 98.1 Å². The molecule has 20 heavy (non-hydrogen) atoms. The maximum absolute atomic E-state index is 12.7. The molecule has 0 saturated heterocycles. The third-order valence-corrected chi connectivity index (χ3v) is 4.46. The van der Waals surface area contributed by atoms with E-state index in [4.69, 9.17) is 11.5 Å². The number of ketones is 1. The van der Waals surface area contributed by atoms with Gasteiger partial charge in [0.05, 0.1) is 11.2 Å². The second-order valence-electron chi connectivity index (χ2n) is 6.06. The van der Waals surface area contributed by atoms with E-state index in [2.05, 4.69) is 14.9 Å². The molecule has 2 heterocycles. The highest BCUT2D eigenvalue weighted by Crippen LogP contribution is 2.28. The Morgan fingerprint density at radius 1 is 1.45 bits per heavy atom. The van der Waals surface area contributed by atoms with Gasteiger partial charge in [0, 0.05) is 30.9 Å². The van der Waals surface area contributed by atoms with Crippen LogP contribution in [0.3, 0.4) is 0 Å². The van der Waals surface area contributed by atoms with Crippen molar-refractivity contribution in [2.45, 2.75) is 50.4 Å². The van der Waals surface area contributed by atoms with Gasteiger partial charge in [-0.2, -0.15) is 0 Å². The van der Waals surface area contributed by atoms with Crippen LogP contribution in [0.4, 0.5) is 0 Å². The molecular weight excluding hydrogens is 254 g/mol. The zero-order chi connectivity index (χ0) is 14.3. The molecule has 0 bridgehead atoms. The Morgan fingerprint density at radius 3 is 3.00 bits per heavy atom. The number of rotatable bonds is 2. The molecule has 1 aromatic rings. The second-order valence-corrected chi connectivity index (χ2v) is 6.06. The van der Waals surface area contributed by atoms with Crippen molar-refractivity contribution in [1.29, 1.82) is 0 Å². The molecule has 0 radical (unpaired) electrons. The summed E-state index contributed by atoms with van der Waals surface area (Å²) in [7, 11) is 2.02. The maximum Gasteiger partial charge on any atom is 0.221 e. The van der Waals surface area contributed by atoms with Crippen LogP contribution >= 0.6 is 0 Å². The van der Waals surface area contributed by atoms with Crippen LogP contribution in [0.5, 0.6) is 0 Å². The number of hydrogen-bond acceptors (Lipinski definition) is 6. The standard InChI is InChI=1S/C14H21N5O/c1-19-7-9-6-17-13(18-10(9)8-19)12(20)14(16)5-3-2-4-11(14)15/h6,11H,2-5,7-8,15-16H2,1H3. The minimum absolute atomic E-state index is 0.206. The summed E-state index contributed by atoms with van der Waals surface area (Å²) in [6.07, 6.45) is 5.12. The first-order valence-corrected chi connectivity index (χ1v) is 7.13. The third-order valence-electron chi connectivity index (χ3n) is 4.46. The summed E-state index contributed by atoms with van der Waals surface area (Å²) in [6.45, 7) is 1.58. The zero-order valence-electron chi connectivity index (χ0n) is 11.8. The number of aromatic nitrogens is 2. The number of fused-ring (bicyclic) bond motifs is 1. The van der Waals surface area contributed by atoms with E-state index in [9.17, 15) is 4.79 Å². The molecule has 3 rings (SSSR count). The Bertz CT molecular complexity index is 546. The van der Waals surface area contributed by atoms with Crippen molar-refractivity contribution in [3.8, 4) is 0 Å². The van der Waals surface area contributed by atoms with Crippen LogP contribution in [-0.2, 0) is 13.1 Å². The molecule has 108 valence electrons. The van der Waals surface area contributed by atoms with E-state index in [-0.39, 0.29) is 17.6 Å². The van der Waals surface area contributed by atoms with Crippen LogP contribution in [0.2, 0.25) is 0 Å². The van der Waals surface area contributed by atoms with Crippen molar-refractivity contribution < 1.29 is 4.79 Å². The molecule has 2 atom stereocenters. The fraction of sp³-hybridized carbons (Fsp3) is 0.643. The van der Waals surface area contributed by atoms with Gasteiger partial charge < -0.3 is 11.5 Å². The average molecular weight is 275 g/mol. The van der Waals surface area contributed by atoms with Gasteiger partial charge in [0.25, 0.3) is 0 Å². The van der Waals surface area contributed by atoms with Gasteiger partial charge in [0.15, 0.2) is 5.82 Å². The minimum Gasteiger partial charge on any atom is -0.326 e. The third kappa shape index (κ3) is 2.13. The van der Waals surface area contributed by atoms with Gasteiger partial charge in [-0.25, -0.2) is 9.97 Å². The number of hydrogen-bond donors (Lipinski definition) is 2. The average Bonchev–Trinajstić information content (AvgIpc) is 2.80. The van der Waals surface area contributed by atoms with E-state index in [0.717, 1.165) is 43.6 Å². The Kier molecular flexibility index (Phi) is 3.32. The number of nitrogens with two attached hydrogens (primary N) is 2. The molecule has 1 fully saturated rings. The first-order chi connectivity index (χ1) is 9.50. The summed E-state index contributed by atoms with van der Waals surface area (Å²) in [5, 5.41) is 0. The Labute approximate surface area is 118 Å². The van der Waals surface area contributed by atoms with Gasteiger partial charge in [-0.1, -0.05) is 12.8 Å². The summed E-state index contributed by atoms with van der Waals surface area (Å²) >= 11 is 0. The SMILES string of the molecule is CN1Cc2cnc(C(=O)C3(N)CCCCC3N)nc2C1. The van der Waals surface area contributed by atoms with Crippen molar-refractivity contribution in [3.05, 3.63) is 23.3 Å². The van der Waals surface area contributed by atoms with E-state index in [1.165, 1.54) is 0 Å². The van der Waals surface area contributed by atoms with Crippen molar-refractivity contribution in [2.24, 2.45) is 11.5 Å². The predicted octanol–water partition coefficient (Wildman–Crippen LogP) is 0.204. The molecular formula is C14H21N5O. The van der Waals surface area contributed by atoms with Crippen molar-refractivity contribution in [3.63, 3.8) is 0 Å². The summed E-state index contributed by atoms with van der Waals surface area (Å²) in [6, 6.07) is -0.303. The normalized spacial score (nSPS) is 30.2. The van der Waals surface area contributed by atoms with E-state index >= 15 is 0 Å². The van der Waals surface area contributed by atoms with Gasteiger partial charge in [-0.05, 0) is 19.9 Å². The monoisotopic (exact) mass is 275 g/mol. The Hall–Kier alpha value is -1.37. The summed E-state index contributed by atoms with van der Waals surface area (Å²) in [5.41, 5.74) is 13.4. The highest BCUT2D eigenvalue weighted by atomic mass is 16.1. The predicted molar refractivity (Wildman–Crippen MR) is 74.9 cm³/mol. The smallest absolute Gasteiger partial charge is 0.221 e. The van der Waals surface area contributed by atoms with Crippen molar-refractivity contribution >= 4 is 5.78 Å². The maximum atomic E-state index is 12.7. The van der Waals surface area contributed by atoms with Crippen LogP contribution < -0.4 is 11.5 Å². The van der Waals surface area contributed by atoms with Crippen molar-refractivity contribution in [2.75, 3.05) is 7.05 Å². The fourth-order valence-corrected chi connectivity index (χ4v) is 3.14. The lowest BCUT2D eigenvalue weighted by Gasteiger charge is -2.37. The minimum atomic E-state index is -1.00. The molecule has 2 aliphatic rings. The Balaban J connectivity index is 1.89. The fourth-order valence-electron chi connectivity index (χ4n) is 3.14. The van der Waals surface area contributed by atoms with Gasteiger partial charge in [-0.15, -0.1) is 0 Å². The van der Waals surface area contributed by atoms with Crippen LogP contribution in [0.1, 0.15) is 47.6 Å². The molecule has 0 spiro atoms. The van der Waals surface area contributed by atoms with Gasteiger partial charge in [0.1, 0.15) is 0 Å². The van der Waals surface area contributed by atoms with E-state index < -0.39 is 5.54 Å². The zero-order valence-corrected chi connectivity index (χ0v) is 11.8. The summed E-state index contributed by atoms with van der Waals surface area (Å²) < 4.78 is 0. The van der Waals surface area contributed by atoms with Crippen LogP contribution in [0.15, 0.2) is 6.20 Å². The van der Waals surface area contributed by atoms with Crippen LogP contribution in [-0.4, -0.2) is 39.3 Å². The molecule has 6 heteroatoms. The Morgan fingerprint density at radius 2 is 2.25 bits per heavy atom. The molecule has 1 aliphatic heterocycles. The van der Waals surface area contributed by atoms with Gasteiger partial charge in [-0.3, -0.25) is 9.69 Å². The molecule has 0 aromatic carbocycles. The number of nitrogens with zero attached hydrogens (tertiary/aromatic N) is 3. The van der Waals surface area contributed by atoms with E-state index in [0.29, 0.717) is 6.42 Å². The van der Waals surface area contributed by atoms with Crippen molar-refractivity contribution in [1.82, 2.24) is 14.9 Å². The highest BCUT2D eigenvalue weighted by Gasteiger charge is 2.43. The number of Topliss-reactive ketones (excluding diaryl/α,β-unsaturated/α-hetero) is 1. The lowest BCUT2D eigenvalue weighted by molar-refractivity contribution is 0.0811. The molecule has 6 nitrogen and oxygen atoms in total. The second kappa shape index (κ2) is 4.87. The highest BCUT2D eigenvalue weighted by molar-refractivity contribution is 6.01. The number of carbonyl (C=O) groups excluding carboxylic acids is 1. The molecule has 4 N–H and O–H groups in total. The summed E-state index contributed by atoms with van der Waals surface area (Å²) in [4.78, 5) is 23.4. The first-order valence-electron chi connectivity index (χ1n) is 7.13. The molecule has 1 aliphatic carbocycles. The molecule has 1 aromatic heterocycles. The largest absolute Gasteiger partial charge is 0.326 e. The molecule has 2 unspecified atom stereocenters. The van der Waals surface area contributed by atoms with Gasteiger partial charge in [0.2, 0.25) is 5.78 Å². The lowest BCUT2D eigenvalue weighted by atomic mass is 9.75.